The number of fused-ring (bicyclic) bond motifs is 4. The fourth-order valence-electron chi connectivity index (χ4n) is 4.25. The van der Waals surface area contributed by atoms with Crippen molar-refractivity contribution >= 4 is 38.5 Å². The molecule has 0 aliphatic heterocycles. The lowest BCUT2D eigenvalue weighted by Crippen LogP contribution is -2.31. The van der Waals surface area contributed by atoms with Crippen LogP contribution in [0, 0.1) is 6.92 Å². The number of hydrogen-bond acceptors (Lipinski definition) is 5. The van der Waals surface area contributed by atoms with Crippen LogP contribution in [0.2, 0.25) is 0 Å². The number of pyridine rings is 2. The third-order valence-electron chi connectivity index (χ3n) is 5.95. The molecule has 0 radical (unpaired) electrons. The third kappa shape index (κ3) is 3.76. The summed E-state index contributed by atoms with van der Waals surface area (Å²) in [6, 6.07) is 14.8. The Hall–Kier alpha value is -3.97. The van der Waals surface area contributed by atoms with E-state index in [1.165, 1.54) is 0 Å². The molecule has 0 aliphatic rings. The molecule has 0 saturated heterocycles. The van der Waals surface area contributed by atoms with Crippen LogP contribution >= 0.6 is 0 Å². The van der Waals surface area contributed by atoms with Gasteiger partial charge in [0.25, 0.3) is 5.91 Å². The van der Waals surface area contributed by atoms with Gasteiger partial charge in [-0.2, -0.15) is 0 Å². The van der Waals surface area contributed by atoms with Gasteiger partial charge in [0.15, 0.2) is 0 Å². The van der Waals surface area contributed by atoms with E-state index in [4.69, 9.17) is 0 Å². The van der Waals surface area contributed by atoms with Crippen molar-refractivity contribution in [2.24, 2.45) is 0 Å². The summed E-state index contributed by atoms with van der Waals surface area (Å²) >= 11 is 0. The van der Waals surface area contributed by atoms with Crippen molar-refractivity contribution in [1.29, 1.82) is 0 Å². The summed E-state index contributed by atoms with van der Waals surface area (Å²) in [7, 11) is 3.93. The lowest BCUT2D eigenvalue weighted by molar-refractivity contribution is 0.0946. The molecule has 5 aromatic rings. The highest BCUT2D eigenvalue weighted by Gasteiger charge is 2.16. The van der Waals surface area contributed by atoms with Crippen molar-refractivity contribution in [3.63, 3.8) is 0 Å². The topological polar surface area (TPSA) is 94.1 Å². The van der Waals surface area contributed by atoms with Crippen molar-refractivity contribution in [3.05, 3.63) is 66.0 Å². The lowest BCUT2D eigenvalue weighted by Gasteiger charge is -2.11. The van der Waals surface area contributed by atoms with Crippen molar-refractivity contribution < 1.29 is 9.90 Å². The predicted molar refractivity (Wildman–Crippen MR) is 132 cm³/mol. The van der Waals surface area contributed by atoms with Crippen LogP contribution in [0.15, 0.2) is 54.7 Å². The molecule has 2 aromatic carbocycles. The number of aromatic amines is 1. The first-order chi connectivity index (χ1) is 15.9. The first kappa shape index (κ1) is 20.9. The number of carbonyl (C=O) groups excluding carboxylic acids is 1. The monoisotopic (exact) mass is 439 g/mol. The second-order valence-corrected chi connectivity index (χ2v) is 8.50. The highest BCUT2D eigenvalue weighted by Crippen LogP contribution is 2.36. The van der Waals surface area contributed by atoms with Crippen LogP contribution in [0.25, 0.3) is 44.0 Å². The summed E-state index contributed by atoms with van der Waals surface area (Å²) in [6.07, 6.45) is 1.77. The van der Waals surface area contributed by atoms with Crippen molar-refractivity contribution in [2.45, 2.75) is 6.92 Å². The van der Waals surface area contributed by atoms with Gasteiger partial charge in [0.2, 0.25) is 0 Å². The second kappa shape index (κ2) is 8.18. The molecule has 3 N–H and O–H groups in total. The van der Waals surface area contributed by atoms with E-state index in [-0.39, 0.29) is 11.7 Å². The smallest absolute Gasteiger partial charge is 0.269 e. The number of hydrogen-bond donors (Lipinski definition) is 3. The van der Waals surface area contributed by atoms with Gasteiger partial charge < -0.3 is 20.3 Å². The summed E-state index contributed by atoms with van der Waals surface area (Å²) in [5.41, 5.74) is 4.81. The predicted octanol–water partition coefficient (Wildman–Crippen LogP) is 4.24. The van der Waals surface area contributed by atoms with Crippen molar-refractivity contribution in [3.8, 4) is 17.1 Å². The molecule has 166 valence electrons. The van der Waals surface area contributed by atoms with Crippen molar-refractivity contribution in [1.82, 2.24) is 25.2 Å². The molecule has 0 saturated carbocycles. The number of phenols is 1. The van der Waals surface area contributed by atoms with E-state index in [0.717, 1.165) is 50.4 Å². The number of H-pyrrole nitrogens is 1. The van der Waals surface area contributed by atoms with E-state index in [1.807, 2.05) is 43.3 Å². The van der Waals surface area contributed by atoms with E-state index in [1.54, 1.807) is 24.4 Å². The van der Waals surface area contributed by atoms with Crippen LogP contribution in [0.1, 0.15) is 16.1 Å². The fraction of sp³-hybridized carbons (Fsp3) is 0.192. The molecular weight excluding hydrogens is 414 g/mol. The first-order valence-electron chi connectivity index (χ1n) is 10.9. The molecule has 0 atom stereocenters. The molecule has 5 rings (SSSR count). The molecular formula is C26H25N5O2. The second-order valence-electron chi connectivity index (χ2n) is 8.50. The zero-order chi connectivity index (χ0) is 23.1. The fourth-order valence-corrected chi connectivity index (χ4v) is 4.25. The number of aromatic nitrogens is 3. The Labute approximate surface area is 191 Å². The average Bonchev–Trinajstić information content (AvgIpc) is 3.17. The van der Waals surface area contributed by atoms with Crippen LogP contribution in [0.4, 0.5) is 0 Å². The molecule has 1 amide bonds. The standard InChI is InChI=1S/C26H25N5O2/c1-15-17-9-10-27-25(22-5-4-6-23(29-22)26(33)28-11-12-31(2)3)19(17)14-20-18-13-16(32)7-8-21(18)30-24(15)20/h4-10,13-14,30,32H,11-12H2,1-3H3,(H,28,33). The van der Waals surface area contributed by atoms with Gasteiger partial charge in [-0.05, 0) is 74.4 Å². The zero-order valence-electron chi connectivity index (χ0n) is 18.8. The maximum atomic E-state index is 12.6. The van der Waals surface area contributed by atoms with Gasteiger partial charge in [-0.15, -0.1) is 0 Å². The van der Waals surface area contributed by atoms with Crippen LogP contribution in [-0.4, -0.2) is 58.1 Å². The Morgan fingerprint density at radius 1 is 1.06 bits per heavy atom. The minimum Gasteiger partial charge on any atom is -0.508 e. The molecule has 7 heteroatoms. The highest BCUT2D eigenvalue weighted by molar-refractivity contribution is 6.15. The minimum atomic E-state index is -0.204. The van der Waals surface area contributed by atoms with E-state index >= 15 is 0 Å². The van der Waals surface area contributed by atoms with Crippen LogP contribution in [0.5, 0.6) is 5.75 Å². The normalized spacial score (nSPS) is 11.6. The quantitative estimate of drug-likeness (QED) is 0.381. The molecule has 0 fully saturated rings. The van der Waals surface area contributed by atoms with Crippen molar-refractivity contribution in [2.75, 3.05) is 27.2 Å². The van der Waals surface area contributed by atoms with Gasteiger partial charge in [0.1, 0.15) is 11.4 Å². The number of aromatic hydroxyl groups is 1. The van der Waals surface area contributed by atoms with Crippen LogP contribution in [-0.2, 0) is 0 Å². The van der Waals surface area contributed by atoms with Gasteiger partial charge in [0, 0.05) is 41.0 Å². The summed E-state index contributed by atoms with van der Waals surface area (Å²) < 4.78 is 0. The molecule has 7 nitrogen and oxygen atoms in total. The summed E-state index contributed by atoms with van der Waals surface area (Å²) in [6.45, 7) is 3.38. The van der Waals surface area contributed by atoms with Crippen LogP contribution < -0.4 is 5.32 Å². The SMILES string of the molecule is Cc1c2ccnc(-c3cccc(C(=O)NCCN(C)C)n3)c2cc2c1[nH]c1ccc(O)cc12. The maximum Gasteiger partial charge on any atom is 0.269 e. The highest BCUT2D eigenvalue weighted by atomic mass is 16.3. The Morgan fingerprint density at radius 3 is 2.73 bits per heavy atom. The molecule has 0 spiro atoms. The number of phenolic OH excluding ortho intramolecular Hbond substituents is 1. The number of nitrogens with zero attached hydrogens (tertiary/aromatic N) is 3. The number of amides is 1. The van der Waals surface area contributed by atoms with Gasteiger partial charge >= 0.3 is 0 Å². The van der Waals surface area contributed by atoms with E-state index in [0.29, 0.717) is 17.9 Å². The molecule has 0 aliphatic carbocycles. The number of likely N-dealkylation sites (N-methyl/N-ethyl adjacent to an activating group) is 1. The lowest BCUT2D eigenvalue weighted by atomic mass is 9.99. The third-order valence-corrected chi connectivity index (χ3v) is 5.95. The zero-order valence-corrected chi connectivity index (χ0v) is 18.8. The summed E-state index contributed by atoms with van der Waals surface area (Å²) in [5, 5.41) is 16.9. The Balaban J connectivity index is 1.64. The van der Waals surface area contributed by atoms with E-state index in [2.05, 4.69) is 33.3 Å². The molecule has 0 unspecified atom stereocenters. The average molecular weight is 440 g/mol. The first-order valence-corrected chi connectivity index (χ1v) is 10.9. The Morgan fingerprint density at radius 2 is 1.91 bits per heavy atom. The number of carbonyl (C=O) groups is 1. The Kier molecular flexibility index (Phi) is 5.18. The maximum absolute atomic E-state index is 12.6. The summed E-state index contributed by atoms with van der Waals surface area (Å²) in [4.78, 5) is 27.4. The minimum absolute atomic E-state index is 0.204. The van der Waals surface area contributed by atoms with Gasteiger partial charge in [-0.3, -0.25) is 9.78 Å². The van der Waals surface area contributed by atoms with Gasteiger partial charge in [-0.1, -0.05) is 6.07 Å². The molecule has 0 bridgehead atoms. The van der Waals surface area contributed by atoms with Gasteiger partial charge in [-0.25, -0.2) is 4.98 Å². The number of aryl methyl sites for hydroxylation is 1. The number of rotatable bonds is 5. The summed E-state index contributed by atoms with van der Waals surface area (Å²) in [5.74, 6) is 0.0202. The molecule has 3 aromatic heterocycles. The van der Waals surface area contributed by atoms with E-state index in [9.17, 15) is 9.90 Å². The van der Waals surface area contributed by atoms with Crippen LogP contribution in [0.3, 0.4) is 0 Å². The number of nitrogens with one attached hydrogen (secondary N) is 2. The number of benzene rings is 2. The molecule has 3 heterocycles. The van der Waals surface area contributed by atoms with Gasteiger partial charge in [0.05, 0.1) is 16.9 Å². The van der Waals surface area contributed by atoms with E-state index < -0.39 is 0 Å². The largest absolute Gasteiger partial charge is 0.508 e. The molecule has 33 heavy (non-hydrogen) atoms. The Bertz CT molecular complexity index is 1520.